The zero-order chi connectivity index (χ0) is 13.8. The van der Waals surface area contributed by atoms with Crippen molar-refractivity contribution in [3.8, 4) is 0 Å². The predicted molar refractivity (Wildman–Crippen MR) is 79.3 cm³/mol. The Labute approximate surface area is 114 Å². The van der Waals surface area contributed by atoms with Gasteiger partial charge in [0.2, 0.25) is 0 Å². The van der Waals surface area contributed by atoms with Crippen molar-refractivity contribution in [2.75, 3.05) is 0 Å². The van der Waals surface area contributed by atoms with Crippen LogP contribution in [0.4, 0.5) is 0 Å². The van der Waals surface area contributed by atoms with Crippen LogP contribution in [0, 0.1) is 16.7 Å². The lowest BCUT2D eigenvalue weighted by Crippen LogP contribution is -2.08. The second-order valence-corrected chi connectivity index (χ2v) is 6.77. The van der Waals surface area contributed by atoms with Crippen LogP contribution >= 0.6 is 0 Å². The van der Waals surface area contributed by atoms with E-state index in [1.165, 1.54) is 0 Å². The highest BCUT2D eigenvalue weighted by Crippen LogP contribution is 2.69. The largest absolute Gasteiger partial charge is 0.294 e. The number of carbonyl (C=O) groups is 1. The molecule has 0 aromatic heterocycles. The van der Waals surface area contributed by atoms with E-state index in [0.29, 0.717) is 5.78 Å². The van der Waals surface area contributed by atoms with Crippen LogP contribution in [0.5, 0.6) is 0 Å². The Hall–Kier alpha value is -1.63. The molecule has 0 atom stereocenters. The summed E-state index contributed by atoms with van der Waals surface area (Å²) in [6, 6.07) is 14.1. The summed E-state index contributed by atoms with van der Waals surface area (Å²) in [5, 5.41) is 2.22. The second-order valence-electron chi connectivity index (χ2n) is 6.77. The van der Waals surface area contributed by atoms with E-state index in [-0.39, 0.29) is 16.7 Å². The third kappa shape index (κ3) is 1.57. The second kappa shape index (κ2) is 3.69. The van der Waals surface area contributed by atoms with Crippen molar-refractivity contribution in [2.24, 2.45) is 16.7 Å². The molecule has 2 aromatic carbocycles. The minimum Gasteiger partial charge on any atom is -0.294 e. The summed E-state index contributed by atoms with van der Waals surface area (Å²) in [5.41, 5.74) is 1.07. The molecule has 1 saturated carbocycles. The molecule has 1 aliphatic rings. The van der Waals surface area contributed by atoms with Crippen LogP contribution in [-0.4, -0.2) is 5.78 Å². The molecule has 0 amide bonds. The molecular formula is C18H20O. The molecule has 0 bridgehead atoms. The fourth-order valence-corrected chi connectivity index (χ4v) is 3.45. The average molecular weight is 252 g/mol. The zero-order valence-corrected chi connectivity index (χ0v) is 12.0. The van der Waals surface area contributed by atoms with Crippen LogP contribution in [0.1, 0.15) is 38.1 Å². The van der Waals surface area contributed by atoms with Crippen molar-refractivity contribution in [1.82, 2.24) is 0 Å². The molecule has 1 aliphatic carbocycles. The van der Waals surface area contributed by atoms with Gasteiger partial charge in [0.15, 0.2) is 5.78 Å². The van der Waals surface area contributed by atoms with Crippen LogP contribution in [0.15, 0.2) is 42.5 Å². The highest BCUT2D eigenvalue weighted by molar-refractivity contribution is 6.10. The Kier molecular flexibility index (Phi) is 2.41. The first-order valence-corrected chi connectivity index (χ1v) is 6.89. The van der Waals surface area contributed by atoms with Crippen LogP contribution in [0.3, 0.4) is 0 Å². The Morgan fingerprint density at radius 3 is 2.11 bits per heavy atom. The lowest BCUT2D eigenvalue weighted by molar-refractivity contribution is 0.0947. The van der Waals surface area contributed by atoms with E-state index >= 15 is 0 Å². The van der Waals surface area contributed by atoms with E-state index in [1.54, 1.807) is 0 Å². The van der Waals surface area contributed by atoms with Gasteiger partial charge in [-0.1, -0.05) is 70.2 Å². The number of carbonyl (C=O) groups excluding carboxylic acids is 1. The molecular weight excluding hydrogens is 232 g/mol. The fraction of sp³-hybridized carbons (Fsp3) is 0.389. The molecule has 3 rings (SSSR count). The Morgan fingerprint density at radius 1 is 0.895 bits per heavy atom. The monoisotopic (exact) mass is 252 g/mol. The van der Waals surface area contributed by atoms with E-state index in [1.807, 2.05) is 30.3 Å². The molecule has 0 N–H and O–H groups in total. The van der Waals surface area contributed by atoms with E-state index in [2.05, 4.69) is 39.8 Å². The van der Waals surface area contributed by atoms with Crippen LogP contribution in [0.25, 0.3) is 10.8 Å². The number of hydrogen-bond acceptors (Lipinski definition) is 1. The molecule has 0 saturated heterocycles. The summed E-state index contributed by atoms with van der Waals surface area (Å²) in [5.74, 6) is 0.428. The lowest BCUT2D eigenvalue weighted by Gasteiger charge is -2.07. The van der Waals surface area contributed by atoms with E-state index in [0.717, 1.165) is 16.3 Å². The first-order valence-electron chi connectivity index (χ1n) is 6.89. The fourth-order valence-electron chi connectivity index (χ4n) is 3.45. The smallest absolute Gasteiger partial charge is 0.167 e. The summed E-state index contributed by atoms with van der Waals surface area (Å²) < 4.78 is 0. The molecule has 98 valence electrons. The molecule has 1 fully saturated rings. The van der Waals surface area contributed by atoms with Crippen molar-refractivity contribution >= 4 is 16.6 Å². The van der Waals surface area contributed by atoms with Gasteiger partial charge in [-0.3, -0.25) is 4.79 Å². The van der Waals surface area contributed by atoms with Gasteiger partial charge in [0, 0.05) is 11.5 Å². The van der Waals surface area contributed by atoms with Crippen molar-refractivity contribution < 1.29 is 4.79 Å². The van der Waals surface area contributed by atoms with Crippen LogP contribution in [-0.2, 0) is 0 Å². The molecule has 1 nitrogen and oxygen atoms in total. The standard InChI is InChI=1S/C18H20O/c1-17(2)16(18(17,3)4)15(19)14-11-7-9-12-8-5-6-10-13(12)14/h5-11,16H,1-4H3. The first kappa shape index (κ1) is 12.4. The van der Waals surface area contributed by atoms with Gasteiger partial charge in [0.1, 0.15) is 0 Å². The maximum Gasteiger partial charge on any atom is 0.167 e. The summed E-state index contributed by atoms with van der Waals surface area (Å²) in [4.78, 5) is 12.9. The molecule has 0 aliphatic heterocycles. The maximum absolute atomic E-state index is 12.9. The van der Waals surface area contributed by atoms with E-state index < -0.39 is 0 Å². The quantitative estimate of drug-likeness (QED) is 0.708. The van der Waals surface area contributed by atoms with Gasteiger partial charge in [-0.25, -0.2) is 0 Å². The number of Topliss-reactive ketones (excluding diaryl/α,β-unsaturated/α-hetero) is 1. The SMILES string of the molecule is CC1(C)C(C(=O)c2cccc3ccccc23)C1(C)C. The third-order valence-corrected chi connectivity index (χ3v) is 5.34. The molecule has 0 radical (unpaired) electrons. The van der Waals surface area contributed by atoms with Gasteiger partial charge >= 0.3 is 0 Å². The van der Waals surface area contributed by atoms with Gasteiger partial charge in [0.05, 0.1) is 0 Å². The third-order valence-electron chi connectivity index (χ3n) is 5.34. The molecule has 0 heterocycles. The summed E-state index contributed by atoms with van der Waals surface area (Å²) in [6.07, 6.45) is 0. The predicted octanol–water partition coefficient (Wildman–Crippen LogP) is 4.70. The Bertz CT molecular complexity index is 645. The lowest BCUT2D eigenvalue weighted by atomic mass is 9.96. The van der Waals surface area contributed by atoms with Gasteiger partial charge in [0.25, 0.3) is 0 Å². The van der Waals surface area contributed by atoms with Gasteiger partial charge in [-0.05, 0) is 21.6 Å². The van der Waals surface area contributed by atoms with Crippen LogP contribution < -0.4 is 0 Å². The van der Waals surface area contributed by atoms with E-state index in [9.17, 15) is 4.79 Å². The van der Waals surface area contributed by atoms with Gasteiger partial charge < -0.3 is 0 Å². The Balaban J connectivity index is 2.10. The molecule has 2 aromatic rings. The molecule has 0 unspecified atom stereocenters. The molecule has 1 heteroatoms. The molecule has 0 spiro atoms. The van der Waals surface area contributed by atoms with Crippen molar-refractivity contribution in [1.29, 1.82) is 0 Å². The first-order chi connectivity index (χ1) is 8.87. The summed E-state index contributed by atoms with van der Waals surface area (Å²) >= 11 is 0. The number of benzene rings is 2. The van der Waals surface area contributed by atoms with Crippen molar-refractivity contribution in [2.45, 2.75) is 27.7 Å². The highest BCUT2D eigenvalue weighted by atomic mass is 16.1. The normalized spacial score (nSPS) is 20.4. The Morgan fingerprint density at radius 2 is 1.47 bits per heavy atom. The molecule has 19 heavy (non-hydrogen) atoms. The average Bonchev–Trinajstić information content (AvgIpc) is 2.78. The zero-order valence-electron chi connectivity index (χ0n) is 12.0. The topological polar surface area (TPSA) is 17.1 Å². The number of ketones is 1. The van der Waals surface area contributed by atoms with E-state index in [4.69, 9.17) is 0 Å². The number of fused-ring (bicyclic) bond motifs is 1. The van der Waals surface area contributed by atoms with Crippen molar-refractivity contribution in [3.05, 3.63) is 48.0 Å². The minimum atomic E-state index is 0.0982. The summed E-state index contributed by atoms with van der Waals surface area (Å²) in [7, 11) is 0. The highest BCUT2D eigenvalue weighted by Gasteiger charge is 2.67. The number of rotatable bonds is 2. The van der Waals surface area contributed by atoms with Gasteiger partial charge in [-0.15, -0.1) is 0 Å². The van der Waals surface area contributed by atoms with Gasteiger partial charge in [-0.2, -0.15) is 0 Å². The summed E-state index contributed by atoms with van der Waals surface area (Å²) in [6.45, 7) is 8.78. The van der Waals surface area contributed by atoms with Crippen LogP contribution in [0.2, 0.25) is 0 Å². The van der Waals surface area contributed by atoms with Crippen molar-refractivity contribution in [3.63, 3.8) is 0 Å². The minimum absolute atomic E-state index is 0.0982. The maximum atomic E-state index is 12.9. The number of hydrogen-bond donors (Lipinski definition) is 0.